The molecule has 11 heteroatoms. The highest BCUT2D eigenvalue weighted by atomic mass is 35.5. The van der Waals surface area contributed by atoms with E-state index in [0.717, 1.165) is 5.52 Å². The van der Waals surface area contributed by atoms with Crippen molar-refractivity contribution in [3.63, 3.8) is 0 Å². The van der Waals surface area contributed by atoms with Gasteiger partial charge in [0, 0.05) is 34.6 Å². The number of fused-ring (bicyclic) bond motifs is 3. The Morgan fingerprint density at radius 3 is 2.76 bits per heavy atom. The summed E-state index contributed by atoms with van der Waals surface area (Å²) in [5.74, 6) is -0.554. The van der Waals surface area contributed by atoms with Crippen LogP contribution in [-0.2, 0) is 0 Å². The van der Waals surface area contributed by atoms with Crippen LogP contribution in [0.4, 0.5) is 14.5 Å². The van der Waals surface area contributed by atoms with Crippen molar-refractivity contribution in [1.82, 2.24) is 19.7 Å². The highest BCUT2D eigenvalue weighted by Gasteiger charge is 2.28. The summed E-state index contributed by atoms with van der Waals surface area (Å²) >= 11 is 4.77. The smallest absolute Gasteiger partial charge is 0.462 e. The first-order chi connectivity index (χ1) is 15.8. The molecule has 0 fully saturated rings. The second-order valence-corrected chi connectivity index (χ2v) is 7.89. The van der Waals surface area contributed by atoms with Crippen molar-refractivity contribution in [1.29, 1.82) is 0 Å². The molecule has 5 rings (SSSR count). The lowest BCUT2D eigenvalue weighted by Crippen LogP contribution is -2.16. The zero-order chi connectivity index (χ0) is 23.2. The van der Waals surface area contributed by atoms with Gasteiger partial charge in [-0.25, -0.2) is 0 Å². The average molecular weight is 472 g/mol. The maximum Gasteiger partial charge on any atom is 0.487 e. The number of rotatable bonds is 5. The Labute approximate surface area is 191 Å². The summed E-state index contributed by atoms with van der Waals surface area (Å²) in [6.07, 6.45) is 1.57. The van der Waals surface area contributed by atoms with E-state index >= 15 is 0 Å². The van der Waals surface area contributed by atoms with Crippen LogP contribution in [0.5, 0.6) is 11.8 Å². The van der Waals surface area contributed by atoms with Gasteiger partial charge in [0.2, 0.25) is 0 Å². The molecule has 33 heavy (non-hydrogen) atoms. The summed E-state index contributed by atoms with van der Waals surface area (Å²) in [4.78, 5) is 17.5. The lowest BCUT2D eigenvalue weighted by atomic mass is 10.0. The Morgan fingerprint density at radius 1 is 1.27 bits per heavy atom. The molecule has 2 aromatic heterocycles. The van der Waals surface area contributed by atoms with Gasteiger partial charge < -0.3 is 14.8 Å². The number of anilines is 1. The molecule has 3 heterocycles. The maximum atomic E-state index is 13.0. The van der Waals surface area contributed by atoms with E-state index in [-0.39, 0.29) is 11.8 Å². The lowest BCUT2D eigenvalue weighted by Gasteiger charge is -2.12. The number of halogens is 3. The van der Waals surface area contributed by atoms with E-state index in [1.165, 1.54) is 24.3 Å². The molecule has 1 amide bonds. The Bertz CT molecular complexity index is 1340. The number of carbonyl (C=O) groups excluding carboxylic acids is 1. The average Bonchev–Trinajstić information content (AvgIpc) is 3.33. The summed E-state index contributed by atoms with van der Waals surface area (Å²) in [5.41, 5.74) is -0.440. The number of benzene rings is 2. The van der Waals surface area contributed by atoms with Crippen LogP contribution in [-0.4, -0.2) is 37.8 Å². The van der Waals surface area contributed by atoms with Crippen LogP contribution in [0.15, 0.2) is 54.7 Å². The number of hydrogen-bond donors (Lipinski definition) is 1. The van der Waals surface area contributed by atoms with E-state index in [1.54, 1.807) is 30.5 Å². The number of alkyl halides is 3. The third kappa shape index (κ3) is 4.17. The van der Waals surface area contributed by atoms with Crippen molar-refractivity contribution >= 4 is 34.2 Å². The fourth-order valence-electron chi connectivity index (χ4n) is 3.71. The molecule has 168 valence electrons. The molecule has 0 aliphatic carbocycles. The minimum absolute atomic E-state index is 0.0706. The van der Waals surface area contributed by atoms with Crippen molar-refractivity contribution in [3.05, 3.63) is 60.3 Å². The Morgan fingerprint density at radius 2 is 2.06 bits per heavy atom. The third-order valence-corrected chi connectivity index (χ3v) is 5.18. The van der Waals surface area contributed by atoms with Gasteiger partial charge in [-0.2, -0.15) is 15.2 Å². The first kappa shape index (κ1) is 21.1. The van der Waals surface area contributed by atoms with Crippen LogP contribution in [0.2, 0.25) is 0 Å². The van der Waals surface area contributed by atoms with Crippen LogP contribution in [0.1, 0.15) is 23.3 Å². The molecular formula is C22H16ClF2N5O3. The van der Waals surface area contributed by atoms with Gasteiger partial charge in [0.15, 0.2) is 0 Å². The first-order valence-corrected chi connectivity index (χ1v) is 10.3. The molecule has 0 spiro atoms. The quantitative estimate of drug-likeness (QED) is 0.418. The molecular weight excluding hydrogens is 456 g/mol. The van der Waals surface area contributed by atoms with Crippen LogP contribution >= 0.6 is 11.6 Å². The maximum absolute atomic E-state index is 13.0. The summed E-state index contributed by atoms with van der Waals surface area (Å²) in [5, 5.41) is 10.9. The molecule has 1 N–H and O–H groups in total. The van der Waals surface area contributed by atoms with E-state index in [4.69, 9.17) is 16.3 Å². The second kappa shape index (κ2) is 7.96. The standard InChI is InChI=1S/C22H16ClF2N5O3/c1-12-11-32-21-28-18-10-13(9-16(19(18)30(12)21)17-3-2-8-26-29-17)20(31)27-14-4-6-15(7-5-14)33-22(23,24)25/h2-10,12H,11H2,1H3,(H,27,31). The van der Waals surface area contributed by atoms with Crippen LogP contribution in [0, 0.1) is 0 Å². The van der Waals surface area contributed by atoms with E-state index in [9.17, 15) is 13.6 Å². The van der Waals surface area contributed by atoms with Crippen molar-refractivity contribution in [2.24, 2.45) is 0 Å². The molecule has 2 aromatic carbocycles. The molecule has 0 radical (unpaired) electrons. The minimum atomic E-state index is -3.82. The predicted molar refractivity (Wildman–Crippen MR) is 117 cm³/mol. The highest BCUT2D eigenvalue weighted by Crippen LogP contribution is 2.37. The van der Waals surface area contributed by atoms with Crippen molar-refractivity contribution in [2.45, 2.75) is 18.5 Å². The number of hydrogen-bond acceptors (Lipinski definition) is 6. The van der Waals surface area contributed by atoms with Crippen LogP contribution in [0.3, 0.4) is 0 Å². The topological polar surface area (TPSA) is 91.2 Å². The van der Waals surface area contributed by atoms with Crippen LogP contribution < -0.4 is 14.8 Å². The zero-order valence-electron chi connectivity index (χ0n) is 17.1. The molecule has 0 bridgehead atoms. The molecule has 0 saturated heterocycles. The van der Waals surface area contributed by atoms with Gasteiger partial charge in [-0.3, -0.25) is 9.36 Å². The number of ether oxygens (including phenoxy) is 2. The fraction of sp³-hybridized carbons (Fsp3) is 0.182. The lowest BCUT2D eigenvalue weighted by molar-refractivity contribution is -0.0964. The van der Waals surface area contributed by atoms with Crippen LogP contribution in [0.25, 0.3) is 22.3 Å². The summed E-state index contributed by atoms with van der Waals surface area (Å²) < 4.78 is 37.5. The van der Waals surface area contributed by atoms with E-state index in [1.807, 2.05) is 11.5 Å². The Balaban J connectivity index is 1.50. The largest absolute Gasteiger partial charge is 0.487 e. The number of aromatic nitrogens is 4. The number of nitrogens with one attached hydrogen (secondary N) is 1. The number of carbonyl (C=O) groups is 1. The first-order valence-electron chi connectivity index (χ1n) is 9.92. The van der Waals surface area contributed by atoms with Gasteiger partial charge in [0.1, 0.15) is 12.4 Å². The number of imidazole rings is 1. The minimum Gasteiger partial charge on any atom is -0.462 e. The summed E-state index contributed by atoms with van der Waals surface area (Å²) in [6.45, 7) is 2.53. The number of nitrogens with zero attached hydrogens (tertiary/aromatic N) is 4. The van der Waals surface area contributed by atoms with Gasteiger partial charge >= 0.3 is 5.57 Å². The monoisotopic (exact) mass is 471 g/mol. The molecule has 8 nitrogen and oxygen atoms in total. The molecule has 1 atom stereocenters. The Hall–Kier alpha value is -3.79. The van der Waals surface area contributed by atoms with Gasteiger partial charge in [-0.1, -0.05) is 0 Å². The summed E-state index contributed by atoms with van der Waals surface area (Å²) in [6, 6.07) is 12.9. The van der Waals surface area contributed by atoms with E-state index < -0.39 is 11.5 Å². The second-order valence-electron chi connectivity index (χ2n) is 7.45. The van der Waals surface area contributed by atoms with E-state index in [0.29, 0.717) is 40.6 Å². The summed E-state index contributed by atoms with van der Waals surface area (Å²) in [7, 11) is 0. The highest BCUT2D eigenvalue weighted by molar-refractivity contribution is 6.20. The predicted octanol–water partition coefficient (Wildman–Crippen LogP) is 4.87. The van der Waals surface area contributed by atoms with Gasteiger partial charge in [0.05, 0.1) is 22.8 Å². The Kier molecular flexibility index (Phi) is 5.09. The molecule has 1 unspecified atom stereocenters. The third-order valence-electron chi connectivity index (χ3n) is 5.10. The number of amides is 1. The van der Waals surface area contributed by atoms with Crippen molar-refractivity contribution in [3.8, 4) is 23.0 Å². The van der Waals surface area contributed by atoms with Gasteiger partial charge in [0.25, 0.3) is 11.9 Å². The molecule has 1 aliphatic rings. The normalized spacial score (nSPS) is 15.2. The van der Waals surface area contributed by atoms with Crippen molar-refractivity contribution in [2.75, 3.05) is 11.9 Å². The van der Waals surface area contributed by atoms with E-state index in [2.05, 4.69) is 25.2 Å². The van der Waals surface area contributed by atoms with Crippen molar-refractivity contribution < 1.29 is 23.0 Å². The molecule has 1 aliphatic heterocycles. The fourth-order valence-corrected chi connectivity index (χ4v) is 3.79. The zero-order valence-corrected chi connectivity index (χ0v) is 17.9. The molecule has 4 aromatic rings. The SMILES string of the molecule is CC1COc2nc3cc(C(=O)Nc4ccc(OC(F)(F)Cl)cc4)cc(-c4cccnn4)c3n21. The van der Waals surface area contributed by atoms with Gasteiger partial charge in [-0.05, 0) is 55.5 Å². The van der Waals surface area contributed by atoms with Gasteiger partial charge in [-0.15, -0.1) is 8.78 Å². The molecule has 0 saturated carbocycles.